The van der Waals surface area contributed by atoms with Gasteiger partial charge in [0, 0.05) is 36.1 Å². The number of ether oxygens (including phenoxy) is 1. The average molecular weight is 388 g/mol. The van der Waals surface area contributed by atoms with Crippen LogP contribution < -0.4 is 10.6 Å². The van der Waals surface area contributed by atoms with E-state index in [9.17, 15) is 18.4 Å². The summed E-state index contributed by atoms with van der Waals surface area (Å²) in [7, 11) is 0. The Kier molecular flexibility index (Phi) is 5.74. The minimum absolute atomic E-state index is 0.0542. The summed E-state index contributed by atoms with van der Waals surface area (Å²) < 4.78 is 33.1. The zero-order chi connectivity index (χ0) is 20.3. The molecule has 1 aliphatic heterocycles. The van der Waals surface area contributed by atoms with Crippen LogP contribution in [0, 0.1) is 18.6 Å². The number of hydrogen-bond donors (Lipinski definition) is 2. The van der Waals surface area contributed by atoms with Crippen molar-refractivity contribution in [2.24, 2.45) is 0 Å². The zero-order valence-corrected chi connectivity index (χ0v) is 15.8. The normalized spacial score (nSPS) is 15.7. The summed E-state index contributed by atoms with van der Waals surface area (Å²) >= 11 is 0. The third kappa shape index (κ3) is 4.20. The molecule has 1 fully saturated rings. The van der Waals surface area contributed by atoms with Gasteiger partial charge in [-0.1, -0.05) is 6.07 Å². The summed E-state index contributed by atoms with van der Waals surface area (Å²) in [6.07, 6.45) is 0.733. The summed E-state index contributed by atoms with van der Waals surface area (Å²) in [5.41, 5.74) is 1.09. The highest BCUT2D eigenvalue weighted by Crippen LogP contribution is 2.34. The number of halogens is 2. The van der Waals surface area contributed by atoms with Gasteiger partial charge < -0.3 is 15.4 Å². The van der Waals surface area contributed by atoms with Gasteiger partial charge in [-0.15, -0.1) is 0 Å². The minimum Gasteiger partial charge on any atom is -0.381 e. The molecule has 1 heterocycles. The Morgan fingerprint density at radius 2 is 1.79 bits per heavy atom. The van der Waals surface area contributed by atoms with Gasteiger partial charge in [0.2, 0.25) is 0 Å². The molecule has 0 aromatic heterocycles. The first-order chi connectivity index (χ1) is 13.3. The minimum atomic E-state index is -0.992. The smallest absolute Gasteiger partial charge is 0.319 e. The van der Waals surface area contributed by atoms with Crippen molar-refractivity contribution < 1.29 is 23.1 Å². The number of carbonyl (C=O) groups is 2. The number of aryl methyl sites for hydroxylation is 1. The fourth-order valence-electron chi connectivity index (χ4n) is 3.58. The van der Waals surface area contributed by atoms with Crippen LogP contribution in [0.5, 0.6) is 0 Å². The van der Waals surface area contributed by atoms with Gasteiger partial charge in [0.05, 0.1) is 5.54 Å². The van der Waals surface area contributed by atoms with E-state index >= 15 is 0 Å². The number of hydrogen-bond acceptors (Lipinski definition) is 3. The molecule has 0 atom stereocenters. The molecule has 148 valence electrons. The lowest BCUT2D eigenvalue weighted by Crippen LogP contribution is -2.51. The van der Waals surface area contributed by atoms with Crippen LogP contribution >= 0.6 is 0 Å². The molecule has 0 aliphatic carbocycles. The SMILES string of the molecule is CC(=O)c1ccc(NC(=O)NC2(c3ccc(F)cc3F)CCOCC2)cc1C. The molecule has 2 aromatic carbocycles. The van der Waals surface area contributed by atoms with Gasteiger partial charge in [-0.2, -0.15) is 0 Å². The number of Topliss-reactive ketones (excluding diaryl/α,β-unsaturated/α-hetero) is 1. The van der Waals surface area contributed by atoms with Crippen molar-refractivity contribution in [1.29, 1.82) is 0 Å². The lowest BCUT2D eigenvalue weighted by atomic mass is 9.82. The van der Waals surface area contributed by atoms with Crippen molar-refractivity contribution in [1.82, 2.24) is 5.32 Å². The lowest BCUT2D eigenvalue weighted by molar-refractivity contribution is 0.0404. The first-order valence-electron chi connectivity index (χ1n) is 9.05. The highest BCUT2D eigenvalue weighted by molar-refractivity contribution is 5.97. The highest BCUT2D eigenvalue weighted by atomic mass is 19.1. The Hall–Kier alpha value is -2.80. The van der Waals surface area contributed by atoms with Gasteiger partial charge in [0.1, 0.15) is 11.6 Å². The van der Waals surface area contributed by atoms with Crippen LogP contribution in [0.2, 0.25) is 0 Å². The van der Waals surface area contributed by atoms with Crippen LogP contribution in [0.1, 0.15) is 41.3 Å². The van der Waals surface area contributed by atoms with E-state index in [4.69, 9.17) is 4.74 Å². The average Bonchev–Trinajstić information content (AvgIpc) is 2.61. The third-order valence-corrected chi connectivity index (χ3v) is 5.01. The van der Waals surface area contributed by atoms with Crippen molar-refractivity contribution in [3.63, 3.8) is 0 Å². The summed E-state index contributed by atoms with van der Waals surface area (Å²) in [6.45, 7) is 3.97. The Labute approximate surface area is 162 Å². The van der Waals surface area contributed by atoms with Crippen molar-refractivity contribution in [2.45, 2.75) is 32.2 Å². The van der Waals surface area contributed by atoms with E-state index in [-0.39, 0.29) is 11.3 Å². The maximum absolute atomic E-state index is 14.4. The lowest BCUT2D eigenvalue weighted by Gasteiger charge is -2.38. The first kappa shape index (κ1) is 19.9. The fourth-order valence-corrected chi connectivity index (χ4v) is 3.58. The van der Waals surface area contributed by atoms with Gasteiger partial charge in [-0.3, -0.25) is 4.79 Å². The molecule has 0 saturated carbocycles. The monoisotopic (exact) mass is 388 g/mol. The Bertz CT molecular complexity index is 909. The van der Waals surface area contributed by atoms with E-state index in [1.807, 2.05) is 0 Å². The first-order valence-corrected chi connectivity index (χ1v) is 9.05. The van der Waals surface area contributed by atoms with E-state index in [2.05, 4.69) is 10.6 Å². The molecule has 0 radical (unpaired) electrons. The number of nitrogens with one attached hydrogen (secondary N) is 2. The maximum Gasteiger partial charge on any atom is 0.319 e. The number of benzene rings is 2. The second-order valence-corrected chi connectivity index (χ2v) is 6.98. The highest BCUT2D eigenvalue weighted by Gasteiger charge is 2.38. The van der Waals surface area contributed by atoms with Crippen molar-refractivity contribution in [3.05, 3.63) is 64.7 Å². The van der Waals surface area contributed by atoms with Crippen LogP contribution in [-0.2, 0) is 10.3 Å². The molecule has 7 heteroatoms. The molecular formula is C21H22F2N2O3. The van der Waals surface area contributed by atoms with Crippen LogP contribution in [-0.4, -0.2) is 25.0 Å². The third-order valence-electron chi connectivity index (χ3n) is 5.01. The van der Waals surface area contributed by atoms with Crippen LogP contribution in [0.4, 0.5) is 19.3 Å². The molecule has 2 amide bonds. The van der Waals surface area contributed by atoms with E-state index < -0.39 is 23.2 Å². The molecule has 3 rings (SSSR count). The summed E-state index contributed by atoms with van der Waals surface area (Å²) in [5.74, 6) is -1.43. The van der Waals surface area contributed by atoms with Crippen molar-refractivity contribution in [3.8, 4) is 0 Å². The van der Waals surface area contributed by atoms with Gasteiger partial charge >= 0.3 is 6.03 Å². The van der Waals surface area contributed by atoms with E-state index in [1.165, 1.54) is 19.1 Å². The largest absolute Gasteiger partial charge is 0.381 e. The molecule has 28 heavy (non-hydrogen) atoms. The van der Waals surface area contributed by atoms with Gasteiger partial charge in [0.15, 0.2) is 5.78 Å². The molecule has 5 nitrogen and oxygen atoms in total. The molecule has 1 aliphatic rings. The van der Waals surface area contributed by atoms with Crippen LogP contribution in [0.15, 0.2) is 36.4 Å². The van der Waals surface area contributed by atoms with Gasteiger partial charge in [-0.25, -0.2) is 13.6 Å². The second kappa shape index (κ2) is 8.06. The Balaban J connectivity index is 1.82. The fraction of sp³-hybridized carbons (Fsp3) is 0.333. The van der Waals surface area contributed by atoms with Crippen LogP contribution in [0.25, 0.3) is 0 Å². The molecule has 0 unspecified atom stereocenters. The molecular weight excluding hydrogens is 366 g/mol. The number of urea groups is 1. The van der Waals surface area contributed by atoms with Gasteiger partial charge in [0.25, 0.3) is 0 Å². The number of rotatable bonds is 4. The molecule has 0 bridgehead atoms. The standard InChI is InChI=1S/C21H22F2N2O3/c1-13-11-16(4-5-17(13)14(2)26)24-20(27)25-21(7-9-28-10-8-21)18-6-3-15(22)12-19(18)23/h3-6,11-12H,7-10H2,1-2H3,(H2,24,25,27). The Morgan fingerprint density at radius 3 is 2.39 bits per heavy atom. The molecule has 1 saturated heterocycles. The van der Waals surface area contributed by atoms with Crippen LogP contribution in [0.3, 0.4) is 0 Å². The molecule has 2 N–H and O–H groups in total. The summed E-state index contributed by atoms with van der Waals surface area (Å²) in [6, 6.07) is 7.83. The predicted octanol–water partition coefficient (Wildman–Crippen LogP) is 4.30. The zero-order valence-electron chi connectivity index (χ0n) is 15.8. The van der Waals surface area contributed by atoms with E-state index in [1.54, 1.807) is 25.1 Å². The molecule has 2 aromatic rings. The number of amides is 2. The summed E-state index contributed by atoms with van der Waals surface area (Å²) in [5, 5.41) is 5.58. The van der Waals surface area contributed by atoms with E-state index in [0.717, 1.165) is 11.6 Å². The summed E-state index contributed by atoms with van der Waals surface area (Å²) in [4.78, 5) is 24.2. The molecule has 0 spiro atoms. The number of carbonyl (C=O) groups excluding carboxylic acids is 2. The maximum atomic E-state index is 14.4. The van der Waals surface area contributed by atoms with E-state index in [0.29, 0.717) is 37.3 Å². The second-order valence-electron chi connectivity index (χ2n) is 6.98. The topological polar surface area (TPSA) is 67.4 Å². The number of ketones is 1. The predicted molar refractivity (Wildman–Crippen MR) is 101 cm³/mol. The Morgan fingerprint density at radius 1 is 1.07 bits per heavy atom. The van der Waals surface area contributed by atoms with Gasteiger partial charge in [-0.05, 0) is 56.5 Å². The van der Waals surface area contributed by atoms with Crippen molar-refractivity contribution in [2.75, 3.05) is 18.5 Å². The van der Waals surface area contributed by atoms with Crippen molar-refractivity contribution >= 4 is 17.5 Å². The quantitative estimate of drug-likeness (QED) is 0.768. The number of anilines is 1.